The van der Waals surface area contributed by atoms with Gasteiger partial charge in [-0.1, -0.05) is 0 Å². The monoisotopic (exact) mass is 270 g/mol. The molecule has 2 radical (unpaired) electrons. The molecule has 0 aromatic heterocycles. The zero-order chi connectivity index (χ0) is 8.13. The van der Waals surface area contributed by atoms with Crippen LogP contribution in [0.25, 0.3) is 0 Å². The number of hydrogen-bond acceptors (Lipinski definition) is 0. The Kier molecular flexibility index (Phi) is 1.96. The second kappa shape index (κ2) is 2.90. The molecule has 4 aliphatic carbocycles. The zero-order valence-electron chi connectivity index (χ0n) is 7.92. The Morgan fingerprint density at radius 2 is 1.33 bits per heavy atom. The van der Waals surface area contributed by atoms with Gasteiger partial charge in [0.15, 0.2) is 0 Å². The first kappa shape index (κ1) is 8.14. The van der Waals surface area contributed by atoms with E-state index < -0.39 is 0 Å². The molecule has 66 valence electrons. The summed E-state index contributed by atoms with van der Waals surface area (Å²) >= 11 is 0.0526. The van der Waals surface area contributed by atoms with Crippen LogP contribution in [0.15, 0.2) is 0 Å². The molecule has 0 nitrogen and oxygen atoms in total. The van der Waals surface area contributed by atoms with E-state index in [1.807, 2.05) is 0 Å². The van der Waals surface area contributed by atoms with Gasteiger partial charge in [-0.25, -0.2) is 0 Å². The topological polar surface area (TPSA) is 0 Å². The van der Waals surface area contributed by atoms with Gasteiger partial charge in [0.05, 0.1) is 0 Å². The molecule has 4 fully saturated rings. The maximum atomic E-state index is 2.58. The van der Waals surface area contributed by atoms with Gasteiger partial charge in [-0.15, -0.1) is 0 Å². The van der Waals surface area contributed by atoms with Crippen LogP contribution in [-0.4, -0.2) is 21.1 Å². The molecule has 0 aromatic rings. The van der Waals surface area contributed by atoms with Gasteiger partial charge in [0.2, 0.25) is 0 Å². The van der Waals surface area contributed by atoms with Crippen LogP contribution in [-0.2, 0) is 0 Å². The normalized spacial score (nSPS) is 56.2. The number of rotatable bonds is 1. The molecule has 0 unspecified atom stereocenters. The summed E-state index contributed by atoms with van der Waals surface area (Å²) in [4.78, 5) is 2.58. The molecule has 0 amide bonds. The molecular weight excluding hydrogens is 251 g/mol. The fraction of sp³-hybridized carbons (Fsp3) is 1.00. The second-order valence-corrected chi connectivity index (χ2v) is 8.80. The van der Waals surface area contributed by atoms with Crippen molar-refractivity contribution < 1.29 is 0 Å². The summed E-state index contributed by atoms with van der Waals surface area (Å²) in [7, 11) is 0. The minimum absolute atomic E-state index is 0.0526. The van der Waals surface area contributed by atoms with Crippen molar-refractivity contribution in [2.45, 2.75) is 41.0 Å². The third kappa shape index (κ3) is 1.09. The van der Waals surface area contributed by atoms with E-state index >= 15 is 0 Å². The summed E-state index contributed by atoms with van der Waals surface area (Å²) in [5, 5.41) is 0. The van der Waals surface area contributed by atoms with Crippen molar-refractivity contribution in [1.29, 1.82) is 0 Å². The van der Waals surface area contributed by atoms with Crippen molar-refractivity contribution in [1.82, 2.24) is 0 Å². The molecule has 0 spiro atoms. The standard InChI is InChI=1S/C10H15.CH3.Sn/c1-7-2-9-4-8(1)5-10(3-7)6-9;;/h1,7-10H,2-6H2;1H3;. The molecule has 4 saturated carbocycles. The zero-order valence-corrected chi connectivity index (χ0v) is 10.8. The first-order valence-electron chi connectivity index (χ1n) is 5.54. The summed E-state index contributed by atoms with van der Waals surface area (Å²) in [6.45, 7) is 0. The molecule has 0 aromatic carbocycles. The van der Waals surface area contributed by atoms with E-state index in [9.17, 15) is 0 Å². The Bertz CT molecular complexity index is 159. The minimum atomic E-state index is 0.0526. The van der Waals surface area contributed by atoms with Crippen molar-refractivity contribution >= 4 is 21.1 Å². The summed E-state index contributed by atoms with van der Waals surface area (Å²) < 4.78 is 1.31. The van der Waals surface area contributed by atoms with Crippen molar-refractivity contribution in [3.63, 3.8) is 0 Å². The molecule has 4 aliphatic rings. The molecule has 0 aliphatic heterocycles. The van der Waals surface area contributed by atoms with Crippen molar-refractivity contribution in [3.05, 3.63) is 0 Å². The fourth-order valence-corrected chi connectivity index (χ4v) is 8.64. The van der Waals surface area contributed by atoms with Gasteiger partial charge in [0.25, 0.3) is 0 Å². The van der Waals surface area contributed by atoms with Crippen LogP contribution in [0.4, 0.5) is 0 Å². The Labute approximate surface area is 85.7 Å². The van der Waals surface area contributed by atoms with E-state index in [-0.39, 0.29) is 21.1 Å². The first-order valence-corrected chi connectivity index (χ1v) is 10.0. The first-order chi connectivity index (χ1) is 5.86. The third-order valence-corrected chi connectivity index (χ3v) is 9.15. The molecule has 12 heavy (non-hydrogen) atoms. The number of hydrogen-bond donors (Lipinski definition) is 0. The molecule has 0 N–H and O–H groups in total. The Hall–Kier alpha value is 0.799. The Morgan fingerprint density at radius 3 is 1.75 bits per heavy atom. The van der Waals surface area contributed by atoms with Crippen LogP contribution in [0, 0.1) is 23.7 Å². The van der Waals surface area contributed by atoms with Gasteiger partial charge < -0.3 is 0 Å². The van der Waals surface area contributed by atoms with E-state index in [0.717, 1.165) is 0 Å². The molecule has 0 saturated heterocycles. The third-order valence-electron chi connectivity index (χ3n) is 4.56. The summed E-state index contributed by atoms with van der Waals surface area (Å²) in [6, 6.07) is 0. The maximum absolute atomic E-state index is 2.58. The predicted octanol–water partition coefficient (Wildman–Crippen LogP) is 2.98. The summed E-state index contributed by atoms with van der Waals surface area (Å²) in [6.07, 6.45) is 8.20. The average Bonchev–Trinajstić information content (AvgIpc) is 2.02. The molecule has 4 rings (SSSR count). The summed E-state index contributed by atoms with van der Waals surface area (Å²) in [5.74, 6) is 4.85. The van der Waals surface area contributed by atoms with Gasteiger partial charge in [-0.2, -0.15) is 0 Å². The van der Waals surface area contributed by atoms with Crippen LogP contribution >= 0.6 is 0 Å². The van der Waals surface area contributed by atoms with Gasteiger partial charge >= 0.3 is 85.8 Å². The predicted molar refractivity (Wildman–Crippen MR) is 52.4 cm³/mol. The van der Waals surface area contributed by atoms with Crippen molar-refractivity contribution in [2.75, 3.05) is 0 Å². The van der Waals surface area contributed by atoms with Crippen LogP contribution in [0.2, 0.25) is 8.87 Å². The quantitative estimate of drug-likeness (QED) is 0.642. The van der Waals surface area contributed by atoms with Crippen molar-refractivity contribution in [2.24, 2.45) is 23.7 Å². The van der Waals surface area contributed by atoms with Gasteiger partial charge in [0.1, 0.15) is 0 Å². The van der Waals surface area contributed by atoms with Crippen LogP contribution in [0.3, 0.4) is 0 Å². The Balaban J connectivity index is 1.86. The van der Waals surface area contributed by atoms with E-state index in [1.54, 1.807) is 32.1 Å². The Morgan fingerprint density at radius 1 is 0.833 bits per heavy atom. The molecule has 0 heterocycles. The van der Waals surface area contributed by atoms with Crippen LogP contribution in [0.5, 0.6) is 0 Å². The summed E-state index contributed by atoms with van der Waals surface area (Å²) in [5.41, 5.74) is 0. The van der Waals surface area contributed by atoms with Gasteiger partial charge in [-0.3, -0.25) is 0 Å². The average molecular weight is 269 g/mol. The van der Waals surface area contributed by atoms with Crippen LogP contribution in [0.1, 0.15) is 32.1 Å². The van der Waals surface area contributed by atoms with Crippen molar-refractivity contribution in [3.8, 4) is 0 Å². The SMILES string of the molecule is [CH3][Sn][CH]1C2CC3CC(C2)CC1C3. The molecule has 1 heteroatoms. The van der Waals surface area contributed by atoms with E-state index in [0.29, 0.717) is 0 Å². The van der Waals surface area contributed by atoms with Crippen LogP contribution < -0.4 is 0 Å². The van der Waals surface area contributed by atoms with Gasteiger partial charge in [-0.05, 0) is 0 Å². The molecule has 0 atom stereocenters. The second-order valence-electron chi connectivity index (χ2n) is 5.25. The van der Waals surface area contributed by atoms with E-state index in [4.69, 9.17) is 0 Å². The van der Waals surface area contributed by atoms with E-state index in [2.05, 4.69) is 4.94 Å². The molecule has 4 bridgehead atoms. The van der Waals surface area contributed by atoms with E-state index in [1.165, 1.54) is 27.6 Å². The molecular formula is C11H18Sn. The van der Waals surface area contributed by atoms with Gasteiger partial charge in [0, 0.05) is 0 Å². The fourth-order valence-electron chi connectivity index (χ4n) is 4.40.